The van der Waals surface area contributed by atoms with Gasteiger partial charge in [-0.15, -0.1) is 0 Å². The van der Waals surface area contributed by atoms with Crippen LogP contribution in [0.3, 0.4) is 0 Å². The van der Waals surface area contributed by atoms with E-state index in [-0.39, 0.29) is 10.8 Å². The molecule has 0 amide bonds. The molecular formula is C13H11ClFNO2. The van der Waals surface area contributed by atoms with Crippen molar-refractivity contribution in [1.29, 1.82) is 0 Å². The Kier molecular flexibility index (Phi) is 3.58. The van der Waals surface area contributed by atoms with E-state index in [1.807, 2.05) is 0 Å². The van der Waals surface area contributed by atoms with E-state index in [9.17, 15) is 4.39 Å². The molecule has 0 saturated carbocycles. The van der Waals surface area contributed by atoms with Gasteiger partial charge in [-0.1, -0.05) is 17.7 Å². The summed E-state index contributed by atoms with van der Waals surface area (Å²) in [7, 11) is 1.52. The smallest absolute Gasteiger partial charge is 0.184 e. The fraction of sp³-hybridized carbons (Fsp3) is 0.0769. The van der Waals surface area contributed by atoms with Crippen LogP contribution in [0, 0.1) is 5.82 Å². The fourth-order valence-electron chi connectivity index (χ4n) is 1.41. The van der Waals surface area contributed by atoms with E-state index >= 15 is 0 Å². The highest BCUT2D eigenvalue weighted by Crippen LogP contribution is 2.34. The van der Waals surface area contributed by atoms with Gasteiger partial charge in [0.1, 0.15) is 5.75 Å². The molecule has 2 aromatic rings. The van der Waals surface area contributed by atoms with Crippen LogP contribution in [0.4, 0.5) is 10.1 Å². The third kappa shape index (κ3) is 2.49. The number of benzene rings is 2. The molecule has 2 N–H and O–H groups in total. The van der Waals surface area contributed by atoms with Crippen LogP contribution in [0.2, 0.25) is 5.02 Å². The Bertz CT molecular complexity index is 575. The number of nitrogens with two attached hydrogens (primary N) is 1. The molecule has 0 radical (unpaired) electrons. The molecule has 3 nitrogen and oxygen atoms in total. The van der Waals surface area contributed by atoms with Gasteiger partial charge in [-0.25, -0.2) is 4.39 Å². The molecule has 0 saturated heterocycles. The molecular weight excluding hydrogens is 257 g/mol. The predicted octanol–water partition coefficient (Wildman–Crippen LogP) is 3.86. The number of rotatable bonds is 3. The minimum absolute atomic E-state index is 0.00559. The van der Waals surface area contributed by atoms with Crippen LogP contribution < -0.4 is 15.2 Å². The summed E-state index contributed by atoms with van der Waals surface area (Å²) in [6, 6.07) is 9.40. The highest BCUT2D eigenvalue weighted by atomic mass is 35.5. The van der Waals surface area contributed by atoms with Crippen LogP contribution >= 0.6 is 11.6 Å². The minimum atomic E-state index is -0.624. The maximum atomic E-state index is 13.7. The molecule has 0 fully saturated rings. The first-order chi connectivity index (χ1) is 8.61. The summed E-state index contributed by atoms with van der Waals surface area (Å²) >= 11 is 5.67. The number of halogens is 2. The molecule has 18 heavy (non-hydrogen) atoms. The van der Waals surface area contributed by atoms with Crippen molar-refractivity contribution >= 4 is 17.3 Å². The number of methoxy groups -OCH3 is 1. The van der Waals surface area contributed by atoms with Crippen LogP contribution in [0.25, 0.3) is 0 Å². The molecule has 0 heterocycles. The average Bonchev–Trinajstić information content (AvgIpc) is 2.37. The van der Waals surface area contributed by atoms with Crippen molar-refractivity contribution in [2.75, 3.05) is 12.8 Å². The molecule has 0 spiro atoms. The summed E-state index contributed by atoms with van der Waals surface area (Å²) < 4.78 is 24.1. The molecule has 94 valence electrons. The Balaban J connectivity index is 2.36. The van der Waals surface area contributed by atoms with Crippen molar-refractivity contribution in [3.8, 4) is 17.2 Å². The van der Waals surface area contributed by atoms with Gasteiger partial charge >= 0.3 is 0 Å². The van der Waals surface area contributed by atoms with Gasteiger partial charge in [-0.2, -0.15) is 0 Å². The molecule has 0 aromatic heterocycles. The van der Waals surface area contributed by atoms with Crippen molar-refractivity contribution in [3.63, 3.8) is 0 Å². The van der Waals surface area contributed by atoms with Gasteiger partial charge in [-0.05, 0) is 24.3 Å². The Morgan fingerprint density at radius 1 is 1.17 bits per heavy atom. The molecule has 0 aliphatic heterocycles. The zero-order chi connectivity index (χ0) is 13.1. The first-order valence-corrected chi connectivity index (χ1v) is 5.55. The van der Waals surface area contributed by atoms with E-state index in [0.717, 1.165) is 0 Å². The highest BCUT2D eigenvalue weighted by molar-refractivity contribution is 6.30. The molecule has 0 bridgehead atoms. The summed E-state index contributed by atoms with van der Waals surface area (Å²) in [6.07, 6.45) is 0. The minimum Gasteiger partial charge on any atom is -0.497 e. The summed E-state index contributed by atoms with van der Waals surface area (Å²) in [5.74, 6) is 0.279. The van der Waals surface area contributed by atoms with Crippen molar-refractivity contribution in [3.05, 3.63) is 47.2 Å². The van der Waals surface area contributed by atoms with E-state index in [1.165, 1.54) is 19.2 Å². The maximum absolute atomic E-state index is 13.7. The summed E-state index contributed by atoms with van der Waals surface area (Å²) in [5.41, 5.74) is 6.13. The summed E-state index contributed by atoms with van der Waals surface area (Å²) in [5, 5.41) is -0.00559. The lowest BCUT2D eigenvalue weighted by molar-refractivity contribution is 0.406. The maximum Gasteiger partial charge on any atom is 0.184 e. The summed E-state index contributed by atoms with van der Waals surface area (Å²) in [4.78, 5) is 0. The molecule has 5 heteroatoms. The third-order valence-corrected chi connectivity index (χ3v) is 2.65. The first-order valence-electron chi connectivity index (χ1n) is 5.17. The van der Waals surface area contributed by atoms with Crippen LogP contribution in [-0.2, 0) is 0 Å². The van der Waals surface area contributed by atoms with E-state index < -0.39 is 5.82 Å². The molecule has 2 rings (SSSR count). The van der Waals surface area contributed by atoms with Crippen LogP contribution in [0.1, 0.15) is 0 Å². The largest absolute Gasteiger partial charge is 0.497 e. The average molecular weight is 268 g/mol. The van der Waals surface area contributed by atoms with Crippen LogP contribution in [-0.4, -0.2) is 7.11 Å². The Labute approximate surface area is 109 Å². The normalized spacial score (nSPS) is 10.2. The molecule has 0 aliphatic rings. The quantitative estimate of drug-likeness (QED) is 0.859. The van der Waals surface area contributed by atoms with E-state index in [0.29, 0.717) is 17.2 Å². The Hall–Kier alpha value is -1.94. The van der Waals surface area contributed by atoms with Gasteiger partial charge < -0.3 is 15.2 Å². The zero-order valence-corrected chi connectivity index (χ0v) is 10.4. The number of anilines is 1. The predicted molar refractivity (Wildman–Crippen MR) is 68.9 cm³/mol. The zero-order valence-electron chi connectivity index (χ0n) is 9.61. The van der Waals surface area contributed by atoms with Crippen LogP contribution in [0.5, 0.6) is 17.2 Å². The lowest BCUT2D eigenvalue weighted by Gasteiger charge is -2.11. The van der Waals surface area contributed by atoms with Gasteiger partial charge in [0.2, 0.25) is 0 Å². The molecule has 0 aliphatic carbocycles. The fourth-order valence-corrected chi connectivity index (χ4v) is 1.58. The number of ether oxygens (including phenoxy) is 2. The molecule has 2 aromatic carbocycles. The molecule has 0 unspecified atom stereocenters. The van der Waals surface area contributed by atoms with Crippen molar-refractivity contribution in [1.82, 2.24) is 0 Å². The second-order valence-electron chi connectivity index (χ2n) is 3.56. The van der Waals surface area contributed by atoms with Gasteiger partial charge in [0, 0.05) is 6.07 Å². The second kappa shape index (κ2) is 5.14. The molecule has 0 atom stereocenters. The first kappa shape index (κ1) is 12.5. The lowest BCUT2D eigenvalue weighted by atomic mass is 10.2. The monoisotopic (exact) mass is 267 g/mol. The Morgan fingerprint density at radius 3 is 2.67 bits per heavy atom. The van der Waals surface area contributed by atoms with E-state index in [4.69, 9.17) is 26.8 Å². The van der Waals surface area contributed by atoms with Crippen molar-refractivity contribution < 1.29 is 13.9 Å². The topological polar surface area (TPSA) is 44.5 Å². The van der Waals surface area contributed by atoms with Gasteiger partial charge in [0.05, 0.1) is 17.8 Å². The Morgan fingerprint density at radius 2 is 1.94 bits per heavy atom. The summed E-state index contributed by atoms with van der Waals surface area (Å²) in [6.45, 7) is 0. The number of hydrogen-bond acceptors (Lipinski definition) is 3. The SMILES string of the molecule is COc1ccc(N)c(Oc2cccc(Cl)c2F)c1. The highest BCUT2D eigenvalue weighted by Gasteiger charge is 2.10. The van der Waals surface area contributed by atoms with Gasteiger partial charge in [0.15, 0.2) is 17.3 Å². The number of hydrogen-bond donors (Lipinski definition) is 1. The van der Waals surface area contributed by atoms with Crippen LogP contribution in [0.15, 0.2) is 36.4 Å². The number of nitrogen functional groups attached to an aromatic ring is 1. The standard InChI is InChI=1S/C13H11ClFNO2/c1-17-8-5-6-10(16)12(7-8)18-11-4-2-3-9(14)13(11)15/h2-7H,16H2,1H3. The van der Waals surface area contributed by atoms with Crippen molar-refractivity contribution in [2.45, 2.75) is 0 Å². The third-order valence-electron chi connectivity index (χ3n) is 2.36. The van der Waals surface area contributed by atoms with Gasteiger partial charge in [0.25, 0.3) is 0 Å². The van der Waals surface area contributed by atoms with E-state index in [2.05, 4.69) is 0 Å². The lowest BCUT2D eigenvalue weighted by Crippen LogP contribution is -1.95. The van der Waals surface area contributed by atoms with E-state index in [1.54, 1.807) is 24.3 Å². The van der Waals surface area contributed by atoms with Gasteiger partial charge in [-0.3, -0.25) is 0 Å². The second-order valence-corrected chi connectivity index (χ2v) is 3.96. The van der Waals surface area contributed by atoms with Crippen molar-refractivity contribution in [2.24, 2.45) is 0 Å².